The van der Waals surface area contributed by atoms with Gasteiger partial charge in [-0.2, -0.15) is 0 Å². The predicted octanol–water partition coefficient (Wildman–Crippen LogP) is 2.20. The first-order valence-electron chi connectivity index (χ1n) is 6.17. The van der Waals surface area contributed by atoms with Crippen LogP contribution in [0, 0.1) is 12.8 Å². The van der Waals surface area contributed by atoms with Crippen molar-refractivity contribution >= 4 is 0 Å². The Hall–Kier alpha value is -0.860. The van der Waals surface area contributed by atoms with Crippen LogP contribution in [-0.2, 0) is 6.54 Å². The number of likely N-dealkylation sites (tertiary alicyclic amines) is 1. The number of hydrogen-bond donors (Lipinski definition) is 1. The first kappa shape index (κ1) is 11.6. The van der Waals surface area contributed by atoms with Crippen LogP contribution in [-0.4, -0.2) is 29.7 Å². The lowest BCUT2D eigenvalue weighted by Crippen LogP contribution is -2.36. The normalized spacial score (nSPS) is 22.2. The van der Waals surface area contributed by atoms with Crippen LogP contribution in [0.4, 0.5) is 0 Å². The maximum Gasteiger partial charge on any atom is 0.0471 e. The Balaban J connectivity index is 1.97. The summed E-state index contributed by atoms with van der Waals surface area (Å²) in [7, 11) is 0. The molecule has 88 valence electrons. The molecular formula is C14H21NO. The third-order valence-corrected chi connectivity index (χ3v) is 3.52. The zero-order valence-corrected chi connectivity index (χ0v) is 10.0. The smallest absolute Gasteiger partial charge is 0.0471 e. The topological polar surface area (TPSA) is 23.5 Å². The van der Waals surface area contributed by atoms with Crippen LogP contribution in [0.5, 0.6) is 0 Å². The average molecular weight is 219 g/mol. The summed E-state index contributed by atoms with van der Waals surface area (Å²) in [6.07, 6.45) is 2.40. The molecule has 0 spiro atoms. The highest BCUT2D eigenvalue weighted by molar-refractivity contribution is 5.25. The summed E-state index contributed by atoms with van der Waals surface area (Å²) >= 11 is 0. The van der Waals surface area contributed by atoms with Crippen molar-refractivity contribution in [3.05, 3.63) is 35.4 Å². The second-order valence-corrected chi connectivity index (χ2v) is 4.85. The Morgan fingerprint density at radius 1 is 1.38 bits per heavy atom. The molecule has 1 heterocycles. The Morgan fingerprint density at radius 3 is 2.94 bits per heavy atom. The molecule has 1 N–H and O–H groups in total. The quantitative estimate of drug-likeness (QED) is 0.842. The van der Waals surface area contributed by atoms with E-state index in [1.807, 2.05) is 0 Å². The molecule has 0 amide bonds. The second-order valence-electron chi connectivity index (χ2n) is 4.85. The summed E-state index contributed by atoms with van der Waals surface area (Å²) in [4.78, 5) is 2.46. The predicted molar refractivity (Wildman–Crippen MR) is 66.3 cm³/mol. The molecule has 0 saturated carbocycles. The number of piperidine rings is 1. The van der Waals surface area contributed by atoms with Crippen LogP contribution in [0.15, 0.2) is 24.3 Å². The van der Waals surface area contributed by atoms with E-state index in [-0.39, 0.29) is 0 Å². The number of hydrogen-bond acceptors (Lipinski definition) is 2. The molecule has 2 rings (SSSR count). The average Bonchev–Trinajstić information content (AvgIpc) is 2.32. The highest BCUT2D eigenvalue weighted by atomic mass is 16.3. The van der Waals surface area contributed by atoms with Gasteiger partial charge >= 0.3 is 0 Å². The van der Waals surface area contributed by atoms with Gasteiger partial charge in [0.25, 0.3) is 0 Å². The van der Waals surface area contributed by atoms with Crippen molar-refractivity contribution in [1.82, 2.24) is 4.90 Å². The molecule has 0 unspecified atom stereocenters. The zero-order chi connectivity index (χ0) is 11.4. The fourth-order valence-electron chi connectivity index (χ4n) is 2.47. The van der Waals surface area contributed by atoms with Gasteiger partial charge < -0.3 is 5.11 Å². The summed E-state index contributed by atoms with van der Waals surface area (Å²) in [5.74, 6) is 0.484. The molecule has 1 fully saturated rings. The molecule has 0 aliphatic carbocycles. The van der Waals surface area contributed by atoms with Gasteiger partial charge in [0.1, 0.15) is 0 Å². The fourth-order valence-corrected chi connectivity index (χ4v) is 2.47. The van der Waals surface area contributed by atoms with Crippen molar-refractivity contribution in [2.45, 2.75) is 26.3 Å². The second kappa shape index (κ2) is 5.46. The van der Waals surface area contributed by atoms with Gasteiger partial charge in [-0.3, -0.25) is 4.90 Å². The lowest BCUT2D eigenvalue weighted by atomic mass is 9.98. The van der Waals surface area contributed by atoms with Gasteiger partial charge in [0.2, 0.25) is 0 Å². The molecule has 0 aromatic heterocycles. The number of benzene rings is 1. The summed E-state index contributed by atoms with van der Waals surface area (Å²) in [6.45, 7) is 5.76. The molecule has 2 nitrogen and oxygen atoms in total. The molecule has 2 heteroatoms. The minimum atomic E-state index is 0.338. The standard InChI is InChI=1S/C14H21NO/c1-12-5-2-3-7-14(12)10-15-8-4-6-13(9-15)11-16/h2-3,5,7,13,16H,4,6,8-11H2,1H3/t13-/m0/s1. The molecule has 1 aliphatic rings. The van der Waals surface area contributed by atoms with E-state index in [0.717, 1.165) is 13.1 Å². The van der Waals surface area contributed by atoms with E-state index >= 15 is 0 Å². The number of rotatable bonds is 3. The molecule has 0 bridgehead atoms. The Bertz CT molecular complexity index is 337. The van der Waals surface area contributed by atoms with E-state index < -0.39 is 0 Å². The summed E-state index contributed by atoms with van der Waals surface area (Å²) < 4.78 is 0. The van der Waals surface area contributed by atoms with Gasteiger partial charge in [-0.1, -0.05) is 24.3 Å². The van der Waals surface area contributed by atoms with E-state index in [9.17, 15) is 5.11 Å². The van der Waals surface area contributed by atoms with Crippen LogP contribution in [0.3, 0.4) is 0 Å². The third kappa shape index (κ3) is 2.83. The van der Waals surface area contributed by atoms with Crippen molar-refractivity contribution in [3.63, 3.8) is 0 Å². The molecule has 16 heavy (non-hydrogen) atoms. The Kier molecular flexibility index (Phi) is 3.97. The Morgan fingerprint density at radius 2 is 2.19 bits per heavy atom. The first-order chi connectivity index (χ1) is 7.79. The molecule has 0 radical (unpaired) electrons. The van der Waals surface area contributed by atoms with Gasteiger partial charge in [0.05, 0.1) is 0 Å². The number of aryl methyl sites for hydroxylation is 1. The van der Waals surface area contributed by atoms with Crippen LogP contribution >= 0.6 is 0 Å². The van der Waals surface area contributed by atoms with E-state index in [1.165, 1.54) is 30.5 Å². The molecular weight excluding hydrogens is 198 g/mol. The minimum absolute atomic E-state index is 0.338. The van der Waals surface area contributed by atoms with Gasteiger partial charge in [-0.25, -0.2) is 0 Å². The maximum atomic E-state index is 9.20. The summed E-state index contributed by atoms with van der Waals surface area (Å²) in [5.41, 5.74) is 2.79. The molecule has 1 aromatic carbocycles. The van der Waals surface area contributed by atoms with E-state index in [0.29, 0.717) is 12.5 Å². The highest BCUT2D eigenvalue weighted by Crippen LogP contribution is 2.19. The summed E-state index contributed by atoms with van der Waals surface area (Å²) in [6, 6.07) is 8.57. The van der Waals surface area contributed by atoms with E-state index in [2.05, 4.69) is 36.1 Å². The first-order valence-corrected chi connectivity index (χ1v) is 6.17. The van der Waals surface area contributed by atoms with E-state index in [4.69, 9.17) is 0 Å². The van der Waals surface area contributed by atoms with Crippen molar-refractivity contribution in [3.8, 4) is 0 Å². The van der Waals surface area contributed by atoms with Crippen LogP contribution in [0.1, 0.15) is 24.0 Å². The summed E-state index contributed by atoms with van der Waals surface area (Å²) in [5, 5.41) is 9.20. The van der Waals surface area contributed by atoms with Crippen molar-refractivity contribution in [2.24, 2.45) is 5.92 Å². The lowest BCUT2D eigenvalue weighted by Gasteiger charge is -2.32. The van der Waals surface area contributed by atoms with Gasteiger partial charge in [-0.05, 0) is 43.4 Å². The van der Waals surface area contributed by atoms with Crippen LogP contribution in [0.2, 0.25) is 0 Å². The minimum Gasteiger partial charge on any atom is -0.396 e. The number of aliphatic hydroxyl groups excluding tert-OH is 1. The zero-order valence-electron chi connectivity index (χ0n) is 10.0. The number of aliphatic hydroxyl groups is 1. The van der Waals surface area contributed by atoms with Crippen molar-refractivity contribution in [2.75, 3.05) is 19.7 Å². The van der Waals surface area contributed by atoms with Crippen LogP contribution < -0.4 is 0 Å². The largest absolute Gasteiger partial charge is 0.396 e. The molecule has 1 atom stereocenters. The van der Waals surface area contributed by atoms with Gasteiger partial charge in [0, 0.05) is 19.7 Å². The lowest BCUT2D eigenvalue weighted by molar-refractivity contribution is 0.116. The van der Waals surface area contributed by atoms with Gasteiger partial charge in [0.15, 0.2) is 0 Å². The fraction of sp³-hybridized carbons (Fsp3) is 0.571. The molecule has 1 aliphatic heterocycles. The van der Waals surface area contributed by atoms with Crippen molar-refractivity contribution < 1.29 is 5.11 Å². The highest BCUT2D eigenvalue weighted by Gasteiger charge is 2.19. The maximum absolute atomic E-state index is 9.20. The monoisotopic (exact) mass is 219 g/mol. The SMILES string of the molecule is Cc1ccccc1CN1CCC[C@H](CO)C1. The number of nitrogens with zero attached hydrogens (tertiary/aromatic N) is 1. The molecule has 1 aromatic rings. The molecule has 1 saturated heterocycles. The van der Waals surface area contributed by atoms with E-state index in [1.54, 1.807) is 0 Å². The third-order valence-electron chi connectivity index (χ3n) is 3.52. The van der Waals surface area contributed by atoms with Crippen molar-refractivity contribution in [1.29, 1.82) is 0 Å². The Labute approximate surface area is 97.9 Å². The van der Waals surface area contributed by atoms with Gasteiger partial charge in [-0.15, -0.1) is 0 Å². The van der Waals surface area contributed by atoms with Crippen LogP contribution in [0.25, 0.3) is 0 Å².